The van der Waals surface area contributed by atoms with E-state index >= 15 is 0 Å². The third-order valence-corrected chi connectivity index (χ3v) is 3.48. The van der Waals surface area contributed by atoms with Crippen molar-refractivity contribution in [3.63, 3.8) is 0 Å². The molecular formula is C11H12N2S2. The molecule has 0 atom stereocenters. The largest absolute Gasteiger partial charge is 0.262 e. The van der Waals surface area contributed by atoms with Crippen LogP contribution in [0.3, 0.4) is 0 Å². The molecule has 0 fully saturated rings. The molecule has 0 bridgehead atoms. The molecule has 0 amide bonds. The fourth-order valence-corrected chi connectivity index (χ4v) is 1.87. The number of fused-ring (bicyclic) bond motifs is 1. The molecule has 0 radical (unpaired) electrons. The number of thioether (sulfide) groups is 1. The molecule has 0 aliphatic heterocycles. The van der Waals surface area contributed by atoms with Crippen molar-refractivity contribution in [2.24, 2.45) is 5.10 Å². The van der Waals surface area contributed by atoms with Crippen LogP contribution in [0.1, 0.15) is 17.5 Å². The van der Waals surface area contributed by atoms with Crippen molar-refractivity contribution >= 4 is 34.0 Å². The lowest BCUT2D eigenvalue weighted by molar-refractivity contribution is 1.03. The molecule has 1 N–H and O–H groups in total. The number of hydrogen-bond acceptors (Lipinski definition) is 3. The number of nitrogens with zero attached hydrogens (tertiary/aromatic N) is 1. The Bertz CT molecular complexity index is 413. The van der Waals surface area contributed by atoms with Crippen molar-refractivity contribution in [2.45, 2.75) is 12.8 Å². The van der Waals surface area contributed by atoms with E-state index in [-0.39, 0.29) is 0 Å². The number of aryl methyl sites for hydroxylation is 1. The zero-order chi connectivity index (χ0) is 10.7. The van der Waals surface area contributed by atoms with Gasteiger partial charge in [0.25, 0.3) is 0 Å². The van der Waals surface area contributed by atoms with Gasteiger partial charge in [-0.3, -0.25) is 5.43 Å². The lowest BCUT2D eigenvalue weighted by Gasteiger charge is -2.01. The zero-order valence-electron chi connectivity index (χ0n) is 8.49. The number of hydrazone groups is 1. The highest BCUT2D eigenvalue weighted by atomic mass is 32.2. The van der Waals surface area contributed by atoms with E-state index in [2.05, 4.69) is 28.7 Å². The minimum Gasteiger partial charge on any atom is -0.262 e. The second-order valence-corrected chi connectivity index (χ2v) is 4.80. The normalized spacial score (nSPS) is 16.5. The molecule has 0 heterocycles. The van der Waals surface area contributed by atoms with Gasteiger partial charge in [-0.1, -0.05) is 48.2 Å². The minimum absolute atomic E-state index is 0.715. The molecule has 0 aromatic heterocycles. The van der Waals surface area contributed by atoms with E-state index < -0.39 is 0 Å². The third kappa shape index (κ3) is 2.38. The summed E-state index contributed by atoms with van der Waals surface area (Å²) in [6, 6.07) is 8.39. The van der Waals surface area contributed by atoms with Crippen molar-refractivity contribution in [1.82, 2.24) is 5.43 Å². The maximum absolute atomic E-state index is 5.03. The average molecular weight is 236 g/mol. The van der Waals surface area contributed by atoms with Crippen molar-refractivity contribution in [1.29, 1.82) is 0 Å². The fourth-order valence-electron chi connectivity index (χ4n) is 1.68. The van der Waals surface area contributed by atoms with Gasteiger partial charge in [0, 0.05) is 5.56 Å². The summed E-state index contributed by atoms with van der Waals surface area (Å²) in [4.78, 5) is 0. The van der Waals surface area contributed by atoms with Crippen LogP contribution in [0.15, 0.2) is 29.4 Å². The number of nitrogens with one attached hydrogen (secondary N) is 1. The summed E-state index contributed by atoms with van der Waals surface area (Å²) in [6.07, 6.45) is 4.03. The van der Waals surface area contributed by atoms with E-state index in [0.717, 1.165) is 18.6 Å². The van der Waals surface area contributed by atoms with Gasteiger partial charge in [0.1, 0.15) is 0 Å². The van der Waals surface area contributed by atoms with Crippen molar-refractivity contribution < 1.29 is 0 Å². The fraction of sp³-hybridized carbons (Fsp3) is 0.273. The van der Waals surface area contributed by atoms with Gasteiger partial charge in [0.2, 0.25) is 0 Å². The van der Waals surface area contributed by atoms with Crippen molar-refractivity contribution in [3.8, 4) is 0 Å². The first kappa shape index (κ1) is 10.6. The minimum atomic E-state index is 0.715. The predicted octanol–water partition coefficient (Wildman–Crippen LogP) is 2.57. The molecule has 78 valence electrons. The van der Waals surface area contributed by atoms with Gasteiger partial charge in [-0.15, -0.1) is 0 Å². The summed E-state index contributed by atoms with van der Waals surface area (Å²) in [5.74, 6) is 0. The zero-order valence-corrected chi connectivity index (χ0v) is 10.1. The first-order valence-electron chi connectivity index (χ1n) is 4.80. The van der Waals surface area contributed by atoms with E-state index in [9.17, 15) is 0 Å². The molecule has 2 rings (SSSR count). The Morgan fingerprint density at radius 1 is 1.40 bits per heavy atom. The Labute approximate surface area is 99.1 Å². The lowest BCUT2D eigenvalue weighted by Crippen LogP contribution is -2.13. The van der Waals surface area contributed by atoms with E-state index in [1.54, 1.807) is 0 Å². The van der Waals surface area contributed by atoms with Crippen molar-refractivity contribution in [2.75, 3.05) is 6.26 Å². The molecule has 1 aromatic carbocycles. The summed E-state index contributed by atoms with van der Waals surface area (Å²) in [6.45, 7) is 0. The lowest BCUT2D eigenvalue weighted by atomic mass is 10.1. The monoisotopic (exact) mass is 236 g/mol. The van der Waals surface area contributed by atoms with Crippen LogP contribution in [0.25, 0.3) is 0 Å². The van der Waals surface area contributed by atoms with Crippen LogP contribution in [0.2, 0.25) is 0 Å². The van der Waals surface area contributed by atoms with Crippen LogP contribution >= 0.6 is 24.0 Å². The average Bonchev–Trinajstić information content (AvgIpc) is 2.69. The van der Waals surface area contributed by atoms with Gasteiger partial charge < -0.3 is 0 Å². The highest BCUT2D eigenvalue weighted by Gasteiger charge is 2.16. The molecule has 0 spiro atoms. The van der Waals surface area contributed by atoms with Gasteiger partial charge in [-0.25, -0.2) is 0 Å². The molecule has 2 nitrogen and oxygen atoms in total. The van der Waals surface area contributed by atoms with Crippen LogP contribution < -0.4 is 5.43 Å². The summed E-state index contributed by atoms with van der Waals surface area (Å²) in [5, 5.41) is 4.34. The number of benzene rings is 1. The Hall–Kier alpha value is -0.870. The van der Waals surface area contributed by atoms with Crippen LogP contribution in [0.5, 0.6) is 0 Å². The van der Waals surface area contributed by atoms with Crippen LogP contribution in [0, 0.1) is 0 Å². The summed E-state index contributed by atoms with van der Waals surface area (Å²) in [5.41, 5.74) is 6.65. The maximum Gasteiger partial charge on any atom is 0.153 e. The first-order chi connectivity index (χ1) is 7.31. The number of rotatable bonds is 1. The van der Waals surface area contributed by atoms with Crippen LogP contribution in [-0.4, -0.2) is 16.3 Å². The van der Waals surface area contributed by atoms with Crippen LogP contribution in [0.4, 0.5) is 0 Å². The van der Waals surface area contributed by atoms with E-state index in [0.29, 0.717) is 4.32 Å². The molecular weight excluding hydrogens is 224 g/mol. The van der Waals surface area contributed by atoms with E-state index in [4.69, 9.17) is 12.2 Å². The highest BCUT2D eigenvalue weighted by Crippen LogP contribution is 2.21. The Kier molecular flexibility index (Phi) is 3.38. The standard InChI is InChI=1S/C11H12N2S2/c1-15-11(14)13-12-10-7-6-8-4-2-3-5-9(8)10/h2-5H,6-7H2,1H3,(H,13,14). The molecule has 1 aliphatic carbocycles. The molecule has 1 aromatic rings. The maximum atomic E-state index is 5.03. The van der Waals surface area contributed by atoms with Gasteiger partial charge in [0.15, 0.2) is 4.32 Å². The topological polar surface area (TPSA) is 24.4 Å². The quantitative estimate of drug-likeness (QED) is 0.599. The molecule has 1 aliphatic rings. The van der Waals surface area contributed by atoms with Crippen LogP contribution in [-0.2, 0) is 6.42 Å². The summed E-state index contributed by atoms with van der Waals surface area (Å²) < 4.78 is 0.715. The van der Waals surface area contributed by atoms with E-state index in [1.165, 1.54) is 22.9 Å². The summed E-state index contributed by atoms with van der Waals surface area (Å²) >= 11 is 6.54. The number of thiocarbonyl (C=S) groups is 1. The number of hydrogen-bond donors (Lipinski definition) is 1. The predicted molar refractivity (Wildman–Crippen MR) is 70.5 cm³/mol. The molecule has 0 saturated heterocycles. The Morgan fingerprint density at radius 3 is 3.00 bits per heavy atom. The molecule has 15 heavy (non-hydrogen) atoms. The molecule has 0 unspecified atom stereocenters. The van der Waals surface area contributed by atoms with Crippen molar-refractivity contribution in [3.05, 3.63) is 35.4 Å². The summed E-state index contributed by atoms with van der Waals surface area (Å²) in [7, 11) is 0. The van der Waals surface area contributed by atoms with Gasteiger partial charge in [-0.2, -0.15) is 5.10 Å². The SMILES string of the molecule is CSC(=S)NN=C1CCc2ccccc21. The second kappa shape index (κ2) is 4.77. The first-order valence-corrected chi connectivity index (χ1v) is 6.43. The van der Waals surface area contributed by atoms with Gasteiger partial charge >= 0.3 is 0 Å². The Morgan fingerprint density at radius 2 is 2.20 bits per heavy atom. The third-order valence-electron chi connectivity index (χ3n) is 2.43. The molecule has 4 heteroatoms. The Balaban J connectivity index is 2.17. The van der Waals surface area contributed by atoms with Gasteiger partial charge in [-0.05, 0) is 24.7 Å². The molecule has 0 saturated carbocycles. The highest BCUT2D eigenvalue weighted by molar-refractivity contribution is 8.22. The second-order valence-electron chi connectivity index (χ2n) is 3.32. The van der Waals surface area contributed by atoms with E-state index in [1.807, 2.05) is 12.3 Å². The smallest absolute Gasteiger partial charge is 0.153 e. The van der Waals surface area contributed by atoms with Gasteiger partial charge in [0.05, 0.1) is 5.71 Å².